The van der Waals surface area contributed by atoms with Gasteiger partial charge in [0.25, 0.3) is 0 Å². The Morgan fingerprint density at radius 2 is 0.811 bits per heavy atom. The van der Waals surface area contributed by atoms with E-state index in [2.05, 4.69) is 184 Å². The number of thiazole rings is 1. The molecule has 0 fully saturated rings. The molecular formula is C47H28N4S2. The van der Waals surface area contributed by atoms with Gasteiger partial charge < -0.3 is 13.7 Å². The fraction of sp³-hybridized carbons (Fsp3) is 0. The molecule has 5 aromatic heterocycles. The highest BCUT2D eigenvalue weighted by Crippen LogP contribution is 2.42. The van der Waals surface area contributed by atoms with Crippen LogP contribution in [0.2, 0.25) is 0 Å². The summed E-state index contributed by atoms with van der Waals surface area (Å²) in [4.78, 5) is 6.18. The molecule has 0 spiro atoms. The zero-order valence-corrected chi connectivity index (χ0v) is 29.9. The first-order valence-corrected chi connectivity index (χ1v) is 19.4. The molecule has 0 radical (unpaired) electrons. The lowest BCUT2D eigenvalue weighted by atomic mass is 10.1. The SMILES string of the molecule is c1ccc2sc(-c3ccc(-n4c5ccc(-n6c7ccccc7c7ccccc76)cc5c5cc(-n6c7ccccc7c7ccccc76)ccc54)s3)nc2c1. The second-order valence-corrected chi connectivity index (χ2v) is 15.7. The molecule has 0 aliphatic carbocycles. The van der Waals surface area contributed by atoms with Crippen molar-refractivity contribution in [3.05, 3.63) is 170 Å². The van der Waals surface area contributed by atoms with E-state index in [1.54, 1.807) is 22.7 Å². The van der Waals surface area contributed by atoms with Gasteiger partial charge in [0.1, 0.15) is 10.0 Å². The first-order valence-electron chi connectivity index (χ1n) is 17.8. The maximum absolute atomic E-state index is 5.00. The van der Waals surface area contributed by atoms with Crippen LogP contribution >= 0.6 is 22.7 Å². The summed E-state index contributed by atoms with van der Waals surface area (Å²) >= 11 is 3.56. The van der Waals surface area contributed by atoms with Crippen molar-refractivity contribution < 1.29 is 0 Å². The van der Waals surface area contributed by atoms with Crippen LogP contribution in [0, 0.1) is 0 Å². The van der Waals surface area contributed by atoms with Crippen molar-refractivity contribution in [2.75, 3.05) is 0 Å². The largest absolute Gasteiger partial charge is 0.309 e. The van der Waals surface area contributed by atoms with Gasteiger partial charge in [0.05, 0.1) is 48.2 Å². The Morgan fingerprint density at radius 1 is 0.358 bits per heavy atom. The highest BCUT2D eigenvalue weighted by molar-refractivity contribution is 7.26. The van der Waals surface area contributed by atoms with Gasteiger partial charge in [-0.15, -0.1) is 22.7 Å². The van der Waals surface area contributed by atoms with Crippen molar-refractivity contribution in [1.82, 2.24) is 18.7 Å². The summed E-state index contributed by atoms with van der Waals surface area (Å²) in [5, 5.41) is 9.73. The molecule has 6 heteroatoms. The van der Waals surface area contributed by atoms with Crippen molar-refractivity contribution in [3.8, 4) is 26.3 Å². The zero-order valence-electron chi connectivity index (χ0n) is 28.3. The van der Waals surface area contributed by atoms with Gasteiger partial charge in [-0.1, -0.05) is 84.9 Å². The first kappa shape index (κ1) is 29.1. The molecule has 248 valence electrons. The van der Waals surface area contributed by atoms with E-state index in [9.17, 15) is 0 Å². The van der Waals surface area contributed by atoms with E-state index in [1.165, 1.54) is 80.0 Å². The van der Waals surface area contributed by atoms with Crippen LogP contribution in [0.4, 0.5) is 0 Å². The van der Waals surface area contributed by atoms with Crippen LogP contribution < -0.4 is 0 Å². The minimum atomic E-state index is 1.05. The quantitative estimate of drug-likeness (QED) is 0.178. The predicted octanol–water partition coefficient (Wildman–Crippen LogP) is 13.3. The van der Waals surface area contributed by atoms with Gasteiger partial charge in [-0.2, -0.15) is 0 Å². The topological polar surface area (TPSA) is 27.7 Å². The minimum Gasteiger partial charge on any atom is -0.309 e. The number of thiophene rings is 1. The van der Waals surface area contributed by atoms with Crippen molar-refractivity contribution in [2.24, 2.45) is 0 Å². The molecule has 0 unspecified atom stereocenters. The third-order valence-electron chi connectivity index (χ3n) is 10.7. The third-order valence-corrected chi connectivity index (χ3v) is 13.0. The number of nitrogens with zero attached hydrogens (tertiary/aromatic N) is 4. The van der Waals surface area contributed by atoms with E-state index in [0.717, 1.165) is 21.9 Å². The smallest absolute Gasteiger partial charge is 0.134 e. The van der Waals surface area contributed by atoms with Crippen LogP contribution in [0.15, 0.2) is 170 Å². The molecule has 4 nitrogen and oxygen atoms in total. The zero-order chi connectivity index (χ0) is 34.6. The standard InChI is InChI=1S/C47H28N4S2/c1-6-16-38-31(11-1)32-12-2-7-17-39(32)49(38)29-21-23-42-35(27-29)36-28-30(50-40-18-8-3-13-33(40)34-14-4-9-19-41(34)50)22-24-43(36)51(42)46-26-25-45(52-46)47-48-37-15-5-10-20-44(37)53-47/h1-28H. The average Bonchev–Trinajstić information content (AvgIpc) is 4.04. The molecule has 5 heterocycles. The van der Waals surface area contributed by atoms with E-state index in [-0.39, 0.29) is 0 Å². The fourth-order valence-corrected chi connectivity index (χ4v) is 10.5. The van der Waals surface area contributed by atoms with E-state index >= 15 is 0 Å². The lowest BCUT2D eigenvalue weighted by Gasteiger charge is -2.09. The van der Waals surface area contributed by atoms with Crippen molar-refractivity contribution in [2.45, 2.75) is 0 Å². The number of aromatic nitrogens is 4. The number of para-hydroxylation sites is 5. The minimum absolute atomic E-state index is 1.05. The van der Waals surface area contributed by atoms with Gasteiger partial charge in [0, 0.05) is 43.7 Å². The molecule has 7 aromatic carbocycles. The van der Waals surface area contributed by atoms with Gasteiger partial charge in [0.15, 0.2) is 0 Å². The fourth-order valence-electron chi connectivity index (χ4n) is 8.46. The lowest BCUT2D eigenvalue weighted by molar-refractivity contribution is 1.17. The second kappa shape index (κ2) is 11.0. The maximum Gasteiger partial charge on any atom is 0.134 e. The molecule has 0 aliphatic rings. The van der Waals surface area contributed by atoms with Crippen LogP contribution in [0.25, 0.3) is 102 Å². The molecule has 0 N–H and O–H groups in total. The number of hydrogen-bond donors (Lipinski definition) is 0. The van der Waals surface area contributed by atoms with Crippen LogP contribution in [0.1, 0.15) is 0 Å². The Morgan fingerprint density at radius 3 is 1.32 bits per heavy atom. The van der Waals surface area contributed by atoms with Crippen LogP contribution in [0.5, 0.6) is 0 Å². The molecule has 0 aliphatic heterocycles. The molecular weight excluding hydrogens is 685 g/mol. The summed E-state index contributed by atoms with van der Waals surface area (Å²) in [6, 6.07) is 61.8. The summed E-state index contributed by atoms with van der Waals surface area (Å²) in [6.07, 6.45) is 0. The number of fused-ring (bicyclic) bond motifs is 10. The Hall–Kier alpha value is -6.47. The normalized spacial score (nSPS) is 12.2. The highest BCUT2D eigenvalue weighted by atomic mass is 32.1. The Balaban J connectivity index is 1.13. The maximum atomic E-state index is 5.00. The van der Waals surface area contributed by atoms with Crippen LogP contribution in [0.3, 0.4) is 0 Å². The first-order chi connectivity index (χ1) is 26.3. The molecule has 12 rings (SSSR count). The summed E-state index contributed by atoms with van der Waals surface area (Å²) in [5.74, 6) is 0. The van der Waals surface area contributed by atoms with Gasteiger partial charge in [-0.05, 0) is 84.9 Å². The molecule has 0 amide bonds. The molecule has 0 saturated carbocycles. The average molecular weight is 713 g/mol. The molecule has 12 aromatic rings. The van der Waals surface area contributed by atoms with Crippen molar-refractivity contribution in [3.63, 3.8) is 0 Å². The number of hydrogen-bond acceptors (Lipinski definition) is 3. The predicted molar refractivity (Wildman–Crippen MR) is 226 cm³/mol. The third kappa shape index (κ3) is 4.19. The highest BCUT2D eigenvalue weighted by Gasteiger charge is 2.20. The van der Waals surface area contributed by atoms with E-state index in [0.29, 0.717) is 0 Å². The van der Waals surface area contributed by atoms with E-state index in [1.807, 2.05) is 0 Å². The van der Waals surface area contributed by atoms with Crippen molar-refractivity contribution in [1.29, 1.82) is 0 Å². The van der Waals surface area contributed by atoms with Crippen LogP contribution in [-0.4, -0.2) is 18.7 Å². The van der Waals surface area contributed by atoms with Gasteiger partial charge in [-0.25, -0.2) is 4.98 Å². The van der Waals surface area contributed by atoms with Crippen molar-refractivity contribution >= 4 is 98.3 Å². The number of benzene rings is 7. The van der Waals surface area contributed by atoms with Gasteiger partial charge in [-0.3, -0.25) is 0 Å². The number of rotatable bonds is 4. The summed E-state index contributed by atoms with van der Waals surface area (Å²) in [5.41, 5.74) is 10.6. The Bertz CT molecular complexity index is 3110. The summed E-state index contributed by atoms with van der Waals surface area (Å²) < 4.78 is 8.49. The monoisotopic (exact) mass is 712 g/mol. The van der Waals surface area contributed by atoms with Gasteiger partial charge >= 0.3 is 0 Å². The Labute approximate surface area is 311 Å². The molecule has 0 saturated heterocycles. The van der Waals surface area contributed by atoms with E-state index in [4.69, 9.17) is 4.98 Å². The second-order valence-electron chi connectivity index (χ2n) is 13.6. The van der Waals surface area contributed by atoms with E-state index < -0.39 is 0 Å². The van der Waals surface area contributed by atoms with Crippen LogP contribution in [-0.2, 0) is 0 Å². The summed E-state index contributed by atoms with van der Waals surface area (Å²) in [6.45, 7) is 0. The molecule has 0 bridgehead atoms. The summed E-state index contributed by atoms with van der Waals surface area (Å²) in [7, 11) is 0. The Kier molecular flexibility index (Phi) is 6.06. The molecule has 53 heavy (non-hydrogen) atoms. The lowest BCUT2D eigenvalue weighted by Crippen LogP contribution is -1.94. The van der Waals surface area contributed by atoms with Gasteiger partial charge in [0.2, 0.25) is 0 Å². The molecule has 0 atom stereocenters.